The van der Waals surface area contributed by atoms with E-state index in [1.807, 2.05) is 25.8 Å². The number of ether oxygens (including phenoxy) is 2. The normalized spacial score (nSPS) is 11.5. The molecule has 0 spiro atoms. The van der Waals surface area contributed by atoms with Gasteiger partial charge in [0.15, 0.2) is 0 Å². The summed E-state index contributed by atoms with van der Waals surface area (Å²) in [6.45, 7) is 8.32. The lowest BCUT2D eigenvalue weighted by molar-refractivity contribution is -0.211. The first-order valence-corrected chi connectivity index (χ1v) is 4.19. The minimum atomic E-state index is -0.171. The molecule has 0 aromatic carbocycles. The molecule has 0 saturated heterocycles. The molecule has 0 aromatic rings. The summed E-state index contributed by atoms with van der Waals surface area (Å²) in [4.78, 5) is 2.02. The fourth-order valence-electron chi connectivity index (χ4n) is 0.737. The van der Waals surface area contributed by atoms with E-state index in [-0.39, 0.29) is 6.41 Å². The lowest BCUT2D eigenvalue weighted by atomic mass is 10.6. The van der Waals surface area contributed by atoms with Crippen LogP contribution in [0.4, 0.5) is 0 Å². The van der Waals surface area contributed by atoms with Gasteiger partial charge < -0.3 is 9.47 Å². The zero-order chi connectivity index (χ0) is 8.69. The molecule has 0 rings (SSSR count). The molecule has 3 heteroatoms. The van der Waals surface area contributed by atoms with Crippen molar-refractivity contribution in [3.8, 4) is 0 Å². The Labute approximate surface area is 69.3 Å². The molecule has 0 aliphatic carbocycles. The van der Waals surface area contributed by atoms with Crippen molar-refractivity contribution in [2.45, 2.75) is 27.2 Å². The highest BCUT2D eigenvalue weighted by Gasteiger charge is 2.11. The predicted molar refractivity (Wildman–Crippen MR) is 45.3 cm³/mol. The van der Waals surface area contributed by atoms with Crippen LogP contribution < -0.4 is 0 Å². The average Bonchev–Trinajstić information content (AvgIpc) is 2.03. The fraction of sp³-hybridized carbons (Fsp3) is 1.00. The summed E-state index contributed by atoms with van der Waals surface area (Å²) < 4.78 is 10.7. The largest absolute Gasteiger partial charge is 0.340 e. The number of nitrogens with zero attached hydrogens (tertiary/aromatic N) is 1. The molecule has 0 aliphatic rings. The summed E-state index contributed by atoms with van der Waals surface area (Å²) in [5.41, 5.74) is 0. The van der Waals surface area contributed by atoms with Gasteiger partial charge in [0, 0.05) is 13.2 Å². The van der Waals surface area contributed by atoms with E-state index in [1.54, 1.807) is 0 Å². The van der Waals surface area contributed by atoms with E-state index in [2.05, 4.69) is 6.92 Å². The van der Waals surface area contributed by atoms with E-state index in [0.717, 1.165) is 6.54 Å². The van der Waals surface area contributed by atoms with Crippen LogP contribution >= 0.6 is 0 Å². The summed E-state index contributed by atoms with van der Waals surface area (Å²) in [5, 5.41) is 0. The third kappa shape index (κ3) is 4.35. The van der Waals surface area contributed by atoms with Crippen LogP contribution in [-0.4, -0.2) is 38.1 Å². The second-order valence-electron chi connectivity index (χ2n) is 2.29. The summed E-state index contributed by atoms with van der Waals surface area (Å²) >= 11 is 0. The Morgan fingerprint density at radius 3 is 1.82 bits per heavy atom. The number of hydrogen-bond acceptors (Lipinski definition) is 3. The van der Waals surface area contributed by atoms with Gasteiger partial charge in [-0.15, -0.1) is 0 Å². The van der Waals surface area contributed by atoms with Crippen LogP contribution in [0.2, 0.25) is 0 Å². The van der Waals surface area contributed by atoms with Crippen molar-refractivity contribution in [3.05, 3.63) is 0 Å². The molecule has 68 valence electrons. The molecule has 0 heterocycles. The molecule has 0 unspecified atom stereocenters. The maximum absolute atomic E-state index is 5.34. The molecule has 3 nitrogen and oxygen atoms in total. The third-order valence-corrected chi connectivity index (χ3v) is 1.48. The monoisotopic (exact) mass is 161 g/mol. The molecular formula is C8H19NO2. The first-order chi connectivity index (χ1) is 5.26. The van der Waals surface area contributed by atoms with Crippen LogP contribution in [0, 0.1) is 0 Å². The van der Waals surface area contributed by atoms with Crippen molar-refractivity contribution in [3.63, 3.8) is 0 Å². The first kappa shape index (κ1) is 10.9. The minimum absolute atomic E-state index is 0.171. The standard InChI is InChI=1S/C8H19NO2/c1-5-9(4)8(10-6-2)11-7-3/h8H,5-7H2,1-4H3. The van der Waals surface area contributed by atoms with E-state index >= 15 is 0 Å². The Kier molecular flexibility index (Phi) is 6.51. The van der Waals surface area contributed by atoms with Crippen molar-refractivity contribution >= 4 is 0 Å². The Bertz CT molecular complexity index is 82.2. The topological polar surface area (TPSA) is 21.7 Å². The highest BCUT2D eigenvalue weighted by Crippen LogP contribution is 1.99. The van der Waals surface area contributed by atoms with Gasteiger partial charge in [0.1, 0.15) is 0 Å². The van der Waals surface area contributed by atoms with Gasteiger partial charge in [-0.3, -0.25) is 4.90 Å². The Hall–Kier alpha value is -0.120. The fourth-order valence-corrected chi connectivity index (χ4v) is 0.737. The molecule has 11 heavy (non-hydrogen) atoms. The molecule has 0 aromatic heterocycles. The summed E-state index contributed by atoms with van der Waals surface area (Å²) in [7, 11) is 1.98. The van der Waals surface area contributed by atoms with Crippen molar-refractivity contribution in [1.82, 2.24) is 4.90 Å². The molecule has 0 atom stereocenters. The first-order valence-electron chi connectivity index (χ1n) is 4.19. The van der Waals surface area contributed by atoms with Crippen molar-refractivity contribution in [1.29, 1.82) is 0 Å². The van der Waals surface area contributed by atoms with Crippen molar-refractivity contribution in [2.75, 3.05) is 26.8 Å². The summed E-state index contributed by atoms with van der Waals surface area (Å²) in [6, 6.07) is 0. The van der Waals surface area contributed by atoms with Crippen LogP contribution in [0.3, 0.4) is 0 Å². The Balaban J connectivity index is 3.66. The van der Waals surface area contributed by atoms with Crippen LogP contribution in [0.25, 0.3) is 0 Å². The van der Waals surface area contributed by atoms with E-state index in [0.29, 0.717) is 13.2 Å². The Morgan fingerprint density at radius 2 is 1.55 bits per heavy atom. The van der Waals surface area contributed by atoms with Crippen molar-refractivity contribution < 1.29 is 9.47 Å². The molecule has 0 amide bonds. The molecule has 0 bridgehead atoms. The lowest BCUT2D eigenvalue weighted by Crippen LogP contribution is -2.36. The van der Waals surface area contributed by atoms with E-state index in [4.69, 9.17) is 9.47 Å². The minimum Gasteiger partial charge on any atom is -0.340 e. The highest BCUT2D eigenvalue weighted by molar-refractivity contribution is 4.43. The smallest absolute Gasteiger partial charge is 0.218 e. The molecule has 0 fully saturated rings. The van der Waals surface area contributed by atoms with Gasteiger partial charge in [-0.25, -0.2) is 0 Å². The van der Waals surface area contributed by atoms with E-state index in [9.17, 15) is 0 Å². The zero-order valence-corrected chi connectivity index (χ0v) is 7.96. The maximum atomic E-state index is 5.34. The van der Waals surface area contributed by atoms with Gasteiger partial charge >= 0.3 is 0 Å². The summed E-state index contributed by atoms with van der Waals surface area (Å²) in [5.74, 6) is 0. The van der Waals surface area contributed by atoms with Crippen LogP contribution in [0.5, 0.6) is 0 Å². The molecule has 0 aliphatic heterocycles. The molecule has 0 saturated carbocycles. The number of rotatable bonds is 6. The van der Waals surface area contributed by atoms with E-state index < -0.39 is 0 Å². The molecular weight excluding hydrogens is 142 g/mol. The van der Waals surface area contributed by atoms with Crippen LogP contribution in [-0.2, 0) is 9.47 Å². The zero-order valence-electron chi connectivity index (χ0n) is 7.96. The van der Waals surface area contributed by atoms with Gasteiger partial charge in [0.2, 0.25) is 6.41 Å². The van der Waals surface area contributed by atoms with E-state index in [1.165, 1.54) is 0 Å². The second kappa shape index (κ2) is 6.58. The predicted octanol–water partition coefficient (Wildman–Crippen LogP) is 1.29. The number of hydrogen-bond donors (Lipinski definition) is 0. The SMILES string of the molecule is CCOC(OCC)N(C)CC. The highest BCUT2D eigenvalue weighted by atomic mass is 16.7. The molecule has 0 radical (unpaired) electrons. The average molecular weight is 161 g/mol. The second-order valence-corrected chi connectivity index (χ2v) is 2.29. The molecule has 0 N–H and O–H groups in total. The lowest BCUT2D eigenvalue weighted by Gasteiger charge is -2.25. The van der Waals surface area contributed by atoms with Gasteiger partial charge in [-0.1, -0.05) is 6.92 Å². The van der Waals surface area contributed by atoms with Gasteiger partial charge in [0.25, 0.3) is 0 Å². The quantitative estimate of drug-likeness (QED) is 0.548. The van der Waals surface area contributed by atoms with Gasteiger partial charge in [-0.05, 0) is 27.4 Å². The third-order valence-electron chi connectivity index (χ3n) is 1.48. The van der Waals surface area contributed by atoms with Gasteiger partial charge in [-0.2, -0.15) is 0 Å². The van der Waals surface area contributed by atoms with Crippen molar-refractivity contribution in [2.24, 2.45) is 0 Å². The van der Waals surface area contributed by atoms with Gasteiger partial charge in [0.05, 0.1) is 0 Å². The van der Waals surface area contributed by atoms with Crippen LogP contribution in [0.15, 0.2) is 0 Å². The van der Waals surface area contributed by atoms with Crippen LogP contribution in [0.1, 0.15) is 20.8 Å². The summed E-state index contributed by atoms with van der Waals surface area (Å²) in [6.07, 6.45) is -0.171. The maximum Gasteiger partial charge on any atom is 0.218 e. The Morgan fingerprint density at radius 1 is 1.09 bits per heavy atom.